The van der Waals surface area contributed by atoms with Gasteiger partial charge in [-0.3, -0.25) is 9.69 Å². The largest absolute Gasteiger partial charge is 0.379 e. The normalized spacial score (nSPS) is 17.4. The number of thiazole rings is 1. The zero-order valence-corrected chi connectivity index (χ0v) is 12.1. The predicted molar refractivity (Wildman–Crippen MR) is 75.1 cm³/mol. The Bertz CT molecular complexity index is 435. The average molecular weight is 284 g/mol. The molecule has 2 heterocycles. The van der Waals surface area contributed by atoms with Crippen LogP contribution in [0.25, 0.3) is 0 Å². The molecule has 1 aromatic heterocycles. The summed E-state index contributed by atoms with van der Waals surface area (Å²) in [5.74, 6) is -0.222. The van der Waals surface area contributed by atoms with Crippen molar-refractivity contribution < 1.29 is 9.53 Å². The Morgan fingerprint density at radius 3 is 2.89 bits per heavy atom. The first-order chi connectivity index (χ1) is 8.95. The van der Waals surface area contributed by atoms with Gasteiger partial charge in [0.25, 0.3) is 0 Å². The molecule has 2 rings (SSSR count). The Kier molecular flexibility index (Phi) is 4.51. The van der Waals surface area contributed by atoms with Crippen molar-refractivity contribution in [2.45, 2.75) is 25.9 Å². The van der Waals surface area contributed by atoms with Gasteiger partial charge in [-0.05, 0) is 13.8 Å². The van der Waals surface area contributed by atoms with Crippen molar-refractivity contribution >= 4 is 22.4 Å². The van der Waals surface area contributed by atoms with E-state index < -0.39 is 5.54 Å². The van der Waals surface area contributed by atoms with Gasteiger partial charge in [0.05, 0.1) is 24.4 Å². The molecule has 0 aromatic carbocycles. The summed E-state index contributed by atoms with van der Waals surface area (Å²) >= 11 is 1.43. The highest BCUT2D eigenvalue weighted by molar-refractivity contribution is 7.13. The van der Waals surface area contributed by atoms with E-state index in [9.17, 15) is 4.79 Å². The Morgan fingerprint density at radius 2 is 2.26 bits per heavy atom. The summed E-state index contributed by atoms with van der Waals surface area (Å²) in [6, 6.07) is 0. The van der Waals surface area contributed by atoms with E-state index in [0.717, 1.165) is 38.5 Å². The van der Waals surface area contributed by atoms with Crippen LogP contribution in [-0.4, -0.2) is 47.6 Å². The molecule has 7 heteroatoms. The van der Waals surface area contributed by atoms with Crippen molar-refractivity contribution in [3.8, 4) is 0 Å². The van der Waals surface area contributed by atoms with E-state index in [2.05, 4.69) is 15.2 Å². The lowest BCUT2D eigenvalue weighted by Gasteiger charge is -2.25. The molecule has 1 aliphatic rings. The first-order valence-corrected chi connectivity index (χ1v) is 7.18. The molecule has 1 fully saturated rings. The van der Waals surface area contributed by atoms with Crippen LogP contribution in [0.4, 0.5) is 5.13 Å². The standard InChI is InChI=1S/C12H20N4O2S/c1-12(2,13)10(17)15-11-14-9(8-19-11)7-16-3-5-18-6-4-16/h8H,3-7,13H2,1-2H3,(H,14,15,17). The van der Waals surface area contributed by atoms with Crippen LogP contribution in [0.3, 0.4) is 0 Å². The van der Waals surface area contributed by atoms with E-state index in [0.29, 0.717) is 5.13 Å². The van der Waals surface area contributed by atoms with Gasteiger partial charge < -0.3 is 15.8 Å². The van der Waals surface area contributed by atoms with Gasteiger partial charge in [-0.15, -0.1) is 11.3 Å². The minimum atomic E-state index is -0.893. The Hall–Kier alpha value is -1.02. The van der Waals surface area contributed by atoms with Crippen LogP contribution >= 0.6 is 11.3 Å². The van der Waals surface area contributed by atoms with Crippen molar-refractivity contribution in [1.29, 1.82) is 0 Å². The maximum absolute atomic E-state index is 11.7. The summed E-state index contributed by atoms with van der Waals surface area (Å²) in [4.78, 5) is 18.4. The zero-order valence-electron chi connectivity index (χ0n) is 11.3. The molecule has 0 saturated carbocycles. The monoisotopic (exact) mass is 284 g/mol. The molecule has 6 nitrogen and oxygen atoms in total. The number of rotatable bonds is 4. The number of morpholine rings is 1. The molecule has 1 amide bonds. The first kappa shape index (κ1) is 14.4. The van der Waals surface area contributed by atoms with E-state index in [1.165, 1.54) is 11.3 Å². The number of aromatic nitrogens is 1. The van der Waals surface area contributed by atoms with Crippen molar-refractivity contribution in [3.63, 3.8) is 0 Å². The fourth-order valence-electron chi connectivity index (χ4n) is 1.68. The predicted octanol–water partition coefficient (Wildman–Crippen LogP) is 0.651. The van der Waals surface area contributed by atoms with E-state index in [1.807, 2.05) is 5.38 Å². The van der Waals surface area contributed by atoms with Crippen LogP contribution in [0, 0.1) is 0 Å². The molecule has 0 radical (unpaired) electrons. The van der Waals surface area contributed by atoms with Gasteiger partial charge in [0.15, 0.2) is 5.13 Å². The molecule has 0 bridgehead atoms. The lowest BCUT2D eigenvalue weighted by molar-refractivity contribution is -0.120. The first-order valence-electron chi connectivity index (χ1n) is 6.30. The van der Waals surface area contributed by atoms with Gasteiger partial charge in [0, 0.05) is 25.0 Å². The van der Waals surface area contributed by atoms with E-state index in [4.69, 9.17) is 10.5 Å². The van der Waals surface area contributed by atoms with Crippen LogP contribution in [-0.2, 0) is 16.1 Å². The van der Waals surface area contributed by atoms with Gasteiger partial charge >= 0.3 is 0 Å². The third kappa shape index (κ3) is 4.24. The summed E-state index contributed by atoms with van der Waals surface area (Å²) in [6.07, 6.45) is 0. The highest BCUT2D eigenvalue weighted by Crippen LogP contribution is 2.18. The van der Waals surface area contributed by atoms with Crippen molar-refractivity contribution in [3.05, 3.63) is 11.1 Å². The maximum atomic E-state index is 11.7. The molecule has 0 aliphatic carbocycles. The highest BCUT2D eigenvalue weighted by Gasteiger charge is 2.23. The summed E-state index contributed by atoms with van der Waals surface area (Å²) in [6.45, 7) is 7.53. The van der Waals surface area contributed by atoms with Gasteiger partial charge in [0.2, 0.25) is 5.91 Å². The number of carbonyl (C=O) groups excluding carboxylic acids is 1. The lowest BCUT2D eigenvalue weighted by Crippen LogP contribution is -2.45. The molecular weight excluding hydrogens is 264 g/mol. The minimum absolute atomic E-state index is 0.222. The number of anilines is 1. The molecule has 106 valence electrons. The van der Waals surface area contributed by atoms with Crippen molar-refractivity contribution in [2.75, 3.05) is 31.6 Å². The van der Waals surface area contributed by atoms with Crippen LogP contribution in [0.5, 0.6) is 0 Å². The summed E-state index contributed by atoms with van der Waals surface area (Å²) < 4.78 is 5.30. The fourth-order valence-corrected chi connectivity index (χ4v) is 2.38. The zero-order chi connectivity index (χ0) is 13.9. The molecule has 19 heavy (non-hydrogen) atoms. The second-order valence-electron chi connectivity index (χ2n) is 5.21. The number of nitrogens with one attached hydrogen (secondary N) is 1. The average Bonchev–Trinajstić information content (AvgIpc) is 2.76. The van der Waals surface area contributed by atoms with Crippen LogP contribution in [0.15, 0.2) is 5.38 Å². The number of nitrogens with two attached hydrogens (primary N) is 1. The van der Waals surface area contributed by atoms with Crippen LogP contribution < -0.4 is 11.1 Å². The summed E-state index contributed by atoms with van der Waals surface area (Å²) in [5.41, 5.74) is 5.80. The van der Waals surface area contributed by atoms with Crippen molar-refractivity contribution in [1.82, 2.24) is 9.88 Å². The van der Waals surface area contributed by atoms with Gasteiger partial charge in [-0.2, -0.15) is 0 Å². The molecule has 0 atom stereocenters. The highest BCUT2D eigenvalue weighted by atomic mass is 32.1. The maximum Gasteiger partial charge on any atom is 0.245 e. The number of carbonyl (C=O) groups is 1. The second-order valence-corrected chi connectivity index (χ2v) is 6.07. The summed E-state index contributed by atoms with van der Waals surface area (Å²) in [5, 5.41) is 5.31. The molecule has 1 aromatic rings. The molecular formula is C12H20N4O2S. The number of nitrogens with zero attached hydrogens (tertiary/aromatic N) is 2. The molecule has 1 aliphatic heterocycles. The molecule has 0 unspecified atom stereocenters. The molecule has 3 N–H and O–H groups in total. The smallest absolute Gasteiger partial charge is 0.245 e. The van der Waals surface area contributed by atoms with Gasteiger partial charge in [-0.1, -0.05) is 0 Å². The molecule has 1 saturated heterocycles. The number of hydrogen-bond donors (Lipinski definition) is 2. The minimum Gasteiger partial charge on any atom is -0.379 e. The topological polar surface area (TPSA) is 80.5 Å². The van der Waals surface area contributed by atoms with Gasteiger partial charge in [0.1, 0.15) is 0 Å². The van der Waals surface area contributed by atoms with E-state index in [-0.39, 0.29) is 5.91 Å². The Balaban J connectivity index is 1.89. The van der Waals surface area contributed by atoms with E-state index in [1.54, 1.807) is 13.8 Å². The van der Waals surface area contributed by atoms with Gasteiger partial charge in [-0.25, -0.2) is 4.98 Å². The quantitative estimate of drug-likeness (QED) is 0.848. The SMILES string of the molecule is CC(C)(N)C(=O)Nc1nc(CN2CCOCC2)cs1. The van der Waals surface area contributed by atoms with Crippen LogP contribution in [0.2, 0.25) is 0 Å². The Labute approximate surface area is 116 Å². The Morgan fingerprint density at radius 1 is 1.58 bits per heavy atom. The lowest BCUT2D eigenvalue weighted by atomic mass is 10.1. The van der Waals surface area contributed by atoms with E-state index >= 15 is 0 Å². The fraction of sp³-hybridized carbons (Fsp3) is 0.667. The second kappa shape index (κ2) is 5.96. The summed E-state index contributed by atoms with van der Waals surface area (Å²) in [7, 11) is 0. The third-order valence-electron chi connectivity index (χ3n) is 2.85. The number of amides is 1. The van der Waals surface area contributed by atoms with Crippen LogP contribution in [0.1, 0.15) is 19.5 Å². The number of hydrogen-bond acceptors (Lipinski definition) is 6. The molecule has 0 spiro atoms. The number of ether oxygens (including phenoxy) is 1. The third-order valence-corrected chi connectivity index (χ3v) is 3.65. The van der Waals surface area contributed by atoms with Crippen molar-refractivity contribution in [2.24, 2.45) is 5.73 Å².